The van der Waals surface area contributed by atoms with Crippen LogP contribution in [0.15, 0.2) is 0 Å². The summed E-state index contributed by atoms with van der Waals surface area (Å²) in [6.07, 6.45) is 3.69. The van der Waals surface area contributed by atoms with Gasteiger partial charge in [-0.2, -0.15) is 0 Å². The zero-order valence-electron chi connectivity index (χ0n) is 8.54. The van der Waals surface area contributed by atoms with Crippen molar-refractivity contribution < 1.29 is 4.79 Å². The van der Waals surface area contributed by atoms with E-state index in [4.69, 9.17) is 0 Å². The Bertz CT molecular complexity index is 248. The van der Waals surface area contributed by atoms with E-state index < -0.39 is 0 Å². The molecule has 2 aliphatic heterocycles. The number of likely N-dealkylation sites (tertiary alicyclic amines) is 1. The van der Waals surface area contributed by atoms with E-state index in [2.05, 4.69) is 10.2 Å². The first kappa shape index (κ1) is 8.72. The minimum absolute atomic E-state index is 0.441. The zero-order valence-corrected chi connectivity index (χ0v) is 8.54. The molecule has 2 saturated heterocycles. The number of carbonyl (C=O) groups excluding carboxylic acids is 1. The molecule has 0 spiro atoms. The van der Waals surface area contributed by atoms with Crippen LogP contribution in [0.2, 0.25) is 0 Å². The third kappa shape index (κ3) is 1.44. The standard InChI is InChI=1S/C11H18N2O/c14-11-10-5-9(10)7-13(11)4-2-8-1-3-12-6-8/h8-10,12H,1-7H2. The molecule has 78 valence electrons. The number of amides is 1. The maximum Gasteiger partial charge on any atom is 0.226 e. The largest absolute Gasteiger partial charge is 0.342 e. The van der Waals surface area contributed by atoms with Crippen LogP contribution in [0.1, 0.15) is 19.3 Å². The van der Waals surface area contributed by atoms with E-state index in [-0.39, 0.29) is 0 Å². The predicted molar refractivity (Wildman–Crippen MR) is 53.8 cm³/mol. The minimum atomic E-state index is 0.441. The van der Waals surface area contributed by atoms with Gasteiger partial charge in [0, 0.05) is 19.0 Å². The van der Waals surface area contributed by atoms with E-state index in [1.165, 1.54) is 25.8 Å². The molecule has 3 unspecified atom stereocenters. The lowest BCUT2D eigenvalue weighted by molar-refractivity contribution is -0.130. The van der Waals surface area contributed by atoms with Gasteiger partial charge in [-0.3, -0.25) is 4.79 Å². The minimum Gasteiger partial charge on any atom is -0.342 e. The SMILES string of the molecule is O=C1C2CC2CN1CCC1CCNC1. The van der Waals surface area contributed by atoms with Crippen LogP contribution in [0.5, 0.6) is 0 Å². The second-order valence-corrected chi connectivity index (χ2v) is 5.03. The van der Waals surface area contributed by atoms with Crippen LogP contribution in [0, 0.1) is 17.8 Å². The summed E-state index contributed by atoms with van der Waals surface area (Å²) in [5.41, 5.74) is 0. The molecule has 14 heavy (non-hydrogen) atoms. The lowest BCUT2D eigenvalue weighted by atomic mass is 10.0. The molecule has 0 aromatic rings. The third-order valence-corrected chi connectivity index (χ3v) is 3.98. The van der Waals surface area contributed by atoms with Gasteiger partial charge in [0.05, 0.1) is 0 Å². The Labute approximate surface area is 84.8 Å². The molecule has 2 heterocycles. The topological polar surface area (TPSA) is 32.3 Å². The van der Waals surface area contributed by atoms with Gasteiger partial charge in [0.25, 0.3) is 0 Å². The van der Waals surface area contributed by atoms with Crippen LogP contribution < -0.4 is 5.32 Å². The van der Waals surface area contributed by atoms with Gasteiger partial charge in [-0.15, -0.1) is 0 Å². The van der Waals surface area contributed by atoms with Crippen molar-refractivity contribution in [1.29, 1.82) is 0 Å². The highest BCUT2D eigenvalue weighted by atomic mass is 16.2. The van der Waals surface area contributed by atoms with E-state index >= 15 is 0 Å². The Morgan fingerprint density at radius 3 is 3.07 bits per heavy atom. The highest BCUT2D eigenvalue weighted by Gasteiger charge is 2.51. The maximum absolute atomic E-state index is 11.7. The lowest BCUT2D eigenvalue weighted by Crippen LogP contribution is -2.30. The summed E-state index contributed by atoms with van der Waals surface area (Å²) >= 11 is 0. The van der Waals surface area contributed by atoms with Gasteiger partial charge in [0.2, 0.25) is 5.91 Å². The molecule has 1 aliphatic carbocycles. The number of nitrogens with zero attached hydrogens (tertiary/aromatic N) is 1. The fourth-order valence-electron chi connectivity index (χ4n) is 2.86. The van der Waals surface area contributed by atoms with Gasteiger partial charge in [0.15, 0.2) is 0 Å². The van der Waals surface area contributed by atoms with Crippen LogP contribution in [0.25, 0.3) is 0 Å². The molecule has 3 rings (SSSR count). The fraction of sp³-hybridized carbons (Fsp3) is 0.909. The number of fused-ring (bicyclic) bond motifs is 1. The molecule has 0 aromatic heterocycles. The zero-order chi connectivity index (χ0) is 9.54. The number of hydrogen-bond donors (Lipinski definition) is 1. The summed E-state index contributed by atoms with van der Waals surface area (Å²) in [5, 5.41) is 3.37. The van der Waals surface area contributed by atoms with Crippen molar-refractivity contribution in [1.82, 2.24) is 10.2 Å². The average Bonchev–Trinajstić information content (AvgIpc) is 2.64. The van der Waals surface area contributed by atoms with E-state index in [1.807, 2.05) is 0 Å². The van der Waals surface area contributed by atoms with Crippen LogP contribution in [0.4, 0.5) is 0 Å². The number of carbonyl (C=O) groups is 1. The molecule has 3 atom stereocenters. The molecule has 3 aliphatic rings. The molecule has 3 heteroatoms. The fourth-order valence-corrected chi connectivity index (χ4v) is 2.86. The summed E-state index contributed by atoms with van der Waals surface area (Å²) in [5.74, 6) is 2.45. The second kappa shape index (κ2) is 3.23. The number of piperidine rings is 1. The third-order valence-electron chi connectivity index (χ3n) is 3.98. The first-order valence-corrected chi connectivity index (χ1v) is 5.84. The summed E-state index contributed by atoms with van der Waals surface area (Å²) < 4.78 is 0. The molecule has 0 aromatic carbocycles. The summed E-state index contributed by atoms with van der Waals surface area (Å²) in [7, 11) is 0. The molecule has 1 N–H and O–H groups in total. The Morgan fingerprint density at radius 2 is 2.43 bits per heavy atom. The highest BCUT2D eigenvalue weighted by molar-refractivity contribution is 5.84. The van der Waals surface area contributed by atoms with Crippen molar-refractivity contribution >= 4 is 5.91 Å². The molecule has 1 amide bonds. The molecular weight excluding hydrogens is 176 g/mol. The smallest absolute Gasteiger partial charge is 0.226 e. The average molecular weight is 194 g/mol. The Kier molecular flexibility index (Phi) is 2.01. The molecule has 3 nitrogen and oxygen atoms in total. The molecule has 0 bridgehead atoms. The quantitative estimate of drug-likeness (QED) is 0.708. The van der Waals surface area contributed by atoms with Gasteiger partial charge in [-0.1, -0.05) is 0 Å². The van der Waals surface area contributed by atoms with E-state index in [9.17, 15) is 4.79 Å². The van der Waals surface area contributed by atoms with Gasteiger partial charge < -0.3 is 10.2 Å². The van der Waals surface area contributed by atoms with E-state index in [1.54, 1.807) is 0 Å². The van der Waals surface area contributed by atoms with Crippen LogP contribution in [0.3, 0.4) is 0 Å². The number of hydrogen-bond acceptors (Lipinski definition) is 2. The van der Waals surface area contributed by atoms with Gasteiger partial charge >= 0.3 is 0 Å². The number of nitrogens with one attached hydrogen (secondary N) is 1. The van der Waals surface area contributed by atoms with Crippen molar-refractivity contribution in [3.05, 3.63) is 0 Å². The Hall–Kier alpha value is -0.570. The van der Waals surface area contributed by atoms with Crippen LogP contribution >= 0.6 is 0 Å². The maximum atomic E-state index is 11.7. The molecule has 3 fully saturated rings. The highest BCUT2D eigenvalue weighted by Crippen LogP contribution is 2.45. The van der Waals surface area contributed by atoms with Gasteiger partial charge in [-0.05, 0) is 44.2 Å². The Morgan fingerprint density at radius 1 is 1.50 bits per heavy atom. The van der Waals surface area contributed by atoms with E-state index in [0.717, 1.165) is 31.5 Å². The molecular formula is C11H18N2O. The predicted octanol–water partition coefficient (Wildman–Crippen LogP) is 0.464. The molecule has 0 radical (unpaired) electrons. The summed E-state index contributed by atoms with van der Waals surface area (Å²) in [6.45, 7) is 4.40. The van der Waals surface area contributed by atoms with Crippen molar-refractivity contribution in [3.63, 3.8) is 0 Å². The monoisotopic (exact) mass is 194 g/mol. The van der Waals surface area contributed by atoms with Gasteiger partial charge in [0.1, 0.15) is 0 Å². The van der Waals surface area contributed by atoms with Crippen LogP contribution in [-0.2, 0) is 4.79 Å². The lowest BCUT2D eigenvalue weighted by Gasteiger charge is -2.19. The van der Waals surface area contributed by atoms with E-state index in [0.29, 0.717) is 11.8 Å². The second-order valence-electron chi connectivity index (χ2n) is 5.03. The first-order chi connectivity index (χ1) is 6.84. The summed E-state index contributed by atoms with van der Waals surface area (Å²) in [4.78, 5) is 13.8. The summed E-state index contributed by atoms with van der Waals surface area (Å²) in [6, 6.07) is 0. The normalized spacial score (nSPS) is 40.4. The van der Waals surface area contributed by atoms with Crippen LogP contribution in [-0.4, -0.2) is 37.0 Å². The van der Waals surface area contributed by atoms with Crippen molar-refractivity contribution in [2.75, 3.05) is 26.2 Å². The van der Waals surface area contributed by atoms with Crippen molar-refractivity contribution in [2.45, 2.75) is 19.3 Å². The Balaban J connectivity index is 1.46. The molecule has 1 saturated carbocycles. The van der Waals surface area contributed by atoms with Crippen molar-refractivity contribution in [2.24, 2.45) is 17.8 Å². The number of rotatable bonds is 3. The van der Waals surface area contributed by atoms with Crippen molar-refractivity contribution in [3.8, 4) is 0 Å². The van der Waals surface area contributed by atoms with Gasteiger partial charge in [-0.25, -0.2) is 0 Å². The first-order valence-electron chi connectivity index (χ1n) is 5.84.